The molecule has 0 fully saturated rings. The Labute approximate surface area is 129 Å². The van der Waals surface area contributed by atoms with E-state index in [2.05, 4.69) is 37.4 Å². The summed E-state index contributed by atoms with van der Waals surface area (Å²) in [6, 6.07) is 13.8. The lowest BCUT2D eigenvalue weighted by Gasteiger charge is -2.08. The van der Waals surface area contributed by atoms with Gasteiger partial charge < -0.3 is 11.1 Å². The second-order valence-corrected chi connectivity index (χ2v) is 6.11. The second kappa shape index (κ2) is 7.18. The Hall–Kier alpha value is -1.94. The van der Waals surface area contributed by atoms with Crippen molar-refractivity contribution < 1.29 is 4.79 Å². The van der Waals surface area contributed by atoms with Gasteiger partial charge in [0.25, 0.3) is 0 Å². The molecule has 0 saturated heterocycles. The minimum absolute atomic E-state index is 0.0257. The lowest BCUT2D eigenvalue weighted by Crippen LogP contribution is -2.15. The molecule has 0 saturated carbocycles. The van der Waals surface area contributed by atoms with Crippen molar-refractivity contribution in [2.24, 2.45) is 0 Å². The van der Waals surface area contributed by atoms with E-state index in [4.69, 9.17) is 5.73 Å². The first-order valence-corrected chi connectivity index (χ1v) is 7.99. The fourth-order valence-electron chi connectivity index (χ4n) is 2.21. The summed E-state index contributed by atoms with van der Waals surface area (Å²) in [5, 5.41) is 2.83. The van der Waals surface area contributed by atoms with Gasteiger partial charge >= 0.3 is 0 Å². The molecular formula is C17H20N2OS. The van der Waals surface area contributed by atoms with Gasteiger partial charge in [-0.2, -0.15) is 0 Å². The van der Waals surface area contributed by atoms with E-state index in [-0.39, 0.29) is 5.91 Å². The number of nitrogens with two attached hydrogens (primary N) is 1. The van der Waals surface area contributed by atoms with Crippen LogP contribution in [-0.4, -0.2) is 11.7 Å². The third-order valence-corrected chi connectivity index (χ3v) is 4.02. The van der Waals surface area contributed by atoms with Gasteiger partial charge in [0.15, 0.2) is 0 Å². The number of nitrogen functional groups attached to an aromatic ring is 1. The molecule has 0 heterocycles. The Bertz CT molecular complexity index is 620. The van der Waals surface area contributed by atoms with Gasteiger partial charge in [-0.25, -0.2) is 0 Å². The van der Waals surface area contributed by atoms with Crippen LogP contribution in [0.25, 0.3) is 0 Å². The lowest BCUT2D eigenvalue weighted by atomic mass is 10.1. The molecule has 2 aromatic carbocycles. The molecule has 21 heavy (non-hydrogen) atoms. The Balaban J connectivity index is 1.83. The van der Waals surface area contributed by atoms with Gasteiger partial charge in [-0.15, -0.1) is 11.8 Å². The number of aryl methyl sites for hydroxylation is 2. The number of carbonyl (C=O) groups is 1. The largest absolute Gasteiger partial charge is 0.397 e. The highest BCUT2D eigenvalue weighted by Crippen LogP contribution is 2.19. The Morgan fingerprint density at radius 3 is 2.48 bits per heavy atom. The van der Waals surface area contributed by atoms with Crippen LogP contribution in [0.1, 0.15) is 16.7 Å². The Morgan fingerprint density at radius 1 is 1.14 bits per heavy atom. The number of nitrogens with one attached hydrogen (secondary N) is 1. The molecule has 0 aliphatic carbocycles. The zero-order valence-electron chi connectivity index (χ0n) is 12.3. The summed E-state index contributed by atoms with van der Waals surface area (Å²) in [4.78, 5) is 11.9. The van der Waals surface area contributed by atoms with E-state index in [1.54, 1.807) is 17.8 Å². The topological polar surface area (TPSA) is 55.1 Å². The molecule has 0 spiro atoms. The van der Waals surface area contributed by atoms with E-state index >= 15 is 0 Å². The summed E-state index contributed by atoms with van der Waals surface area (Å²) in [7, 11) is 0. The zero-order chi connectivity index (χ0) is 15.2. The van der Waals surface area contributed by atoms with Crippen LogP contribution in [0, 0.1) is 13.8 Å². The van der Waals surface area contributed by atoms with Crippen LogP contribution in [0.2, 0.25) is 0 Å². The molecule has 0 bridgehead atoms. The Morgan fingerprint density at radius 2 is 1.81 bits per heavy atom. The third kappa shape index (κ3) is 4.83. The minimum Gasteiger partial charge on any atom is -0.397 e. The molecule has 110 valence electrons. The first-order chi connectivity index (χ1) is 10.0. The molecule has 0 unspecified atom stereocenters. The maximum absolute atomic E-state index is 11.9. The summed E-state index contributed by atoms with van der Waals surface area (Å²) in [6.45, 7) is 4.18. The summed E-state index contributed by atoms with van der Waals surface area (Å²) < 4.78 is 0. The van der Waals surface area contributed by atoms with Gasteiger partial charge in [0.1, 0.15) is 0 Å². The van der Waals surface area contributed by atoms with E-state index < -0.39 is 0 Å². The van der Waals surface area contributed by atoms with E-state index in [1.165, 1.54) is 16.7 Å². The van der Waals surface area contributed by atoms with Gasteiger partial charge in [-0.1, -0.05) is 41.5 Å². The monoisotopic (exact) mass is 300 g/mol. The molecule has 3 nitrogen and oxygen atoms in total. The fourth-order valence-corrected chi connectivity index (χ4v) is 2.97. The normalized spacial score (nSPS) is 10.4. The van der Waals surface area contributed by atoms with Crippen molar-refractivity contribution in [3.63, 3.8) is 0 Å². The maximum atomic E-state index is 11.9. The van der Waals surface area contributed by atoms with Gasteiger partial charge in [-0.05, 0) is 31.5 Å². The third-order valence-electron chi connectivity index (χ3n) is 3.02. The molecular weight excluding hydrogens is 280 g/mol. The molecule has 0 aliphatic heterocycles. The SMILES string of the molecule is Cc1cc(C)cc(CSCC(=O)Nc2ccccc2N)c1. The number of anilines is 2. The average molecular weight is 300 g/mol. The summed E-state index contributed by atoms with van der Waals surface area (Å²) >= 11 is 1.60. The maximum Gasteiger partial charge on any atom is 0.234 e. The number of amides is 1. The van der Waals surface area contributed by atoms with Crippen LogP contribution in [0.5, 0.6) is 0 Å². The number of benzene rings is 2. The average Bonchev–Trinajstić information content (AvgIpc) is 2.40. The van der Waals surface area contributed by atoms with Crippen molar-refractivity contribution in [1.29, 1.82) is 0 Å². The molecule has 1 amide bonds. The molecule has 0 atom stereocenters. The van der Waals surface area contributed by atoms with E-state index in [0.717, 1.165) is 5.75 Å². The smallest absolute Gasteiger partial charge is 0.234 e. The van der Waals surface area contributed by atoms with E-state index in [1.807, 2.05) is 18.2 Å². The van der Waals surface area contributed by atoms with Crippen LogP contribution in [0.15, 0.2) is 42.5 Å². The fraction of sp³-hybridized carbons (Fsp3) is 0.235. The van der Waals surface area contributed by atoms with Gasteiger partial charge in [0, 0.05) is 5.75 Å². The quantitative estimate of drug-likeness (QED) is 0.827. The van der Waals surface area contributed by atoms with Crippen molar-refractivity contribution in [2.75, 3.05) is 16.8 Å². The highest BCUT2D eigenvalue weighted by Gasteiger charge is 2.05. The van der Waals surface area contributed by atoms with Gasteiger partial charge in [0.05, 0.1) is 17.1 Å². The number of carbonyl (C=O) groups excluding carboxylic acids is 1. The molecule has 0 aliphatic rings. The molecule has 0 radical (unpaired) electrons. The van der Waals surface area contributed by atoms with Crippen LogP contribution >= 0.6 is 11.8 Å². The molecule has 2 rings (SSSR count). The number of hydrogen-bond acceptors (Lipinski definition) is 3. The van der Waals surface area contributed by atoms with Crippen LogP contribution in [-0.2, 0) is 10.5 Å². The summed E-state index contributed by atoms with van der Waals surface area (Å²) in [5.74, 6) is 1.23. The van der Waals surface area contributed by atoms with Crippen LogP contribution in [0.3, 0.4) is 0 Å². The van der Waals surface area contributed by atoms with Crippen molar-refractivity contribution in [3.05, 3.63) is 59.2 Å². The first kappa shape index (κ1) is 15.4. The standard InChI is InChI=1S/C17H20N2OS/c1-12-7-13(2)9-14(8-12)10-21-11-17(20)19-16-6-4-3-5-15(16)18/h3-9H,10-11,18H2,1-2H3,(H,19,20). The molecule has 0 aromatic heterocycles. The van der Waals surface area contributed by atoms with Crippen LogP contribution < -0.4 is 11.1 Å². The number of para-hydroxylation sites is 2. The van der Waals surface area contributed by atoms with E-state index in [9.17, 15) is 4.79 Å². The van der Waals surface area contributed by atoms with Crippen molar-refractivity contribution >= 4 is 29.0 Å². The number of rotatable bonds is 5. The van der Waals surface area contributed by atoms with Crippen LogP contribution in [0.4, 0.5) is 11.4 Å². The molecule has 4 heteroatoms. The molecule has 3 N–H and O–H groups in total. The number of thioether (sulfide) groups is 1. The predicted octanol–water partition coefficient (Wildman–Crippen LogP) is 3.76. The van der Waals surface area contributed by atoms with Crippen molar-refractivity contribution in [1.82, 2.24) is 0 Å². The summed E-state index contributed by atoms with van der Waals surface area (Å²) in [6.07, 6.45) is 0. The number of hydrogen-bond donors (Lipinski definition) is 2. The van der Waals surface area contributed by atoms with Gasteiger partial charge in [0.2, 0.25) is 5.91 Å². The Kier molecular flexibility index (Phi) is 5.28. The lowest BCUT2D eigenvalue weighted by molar-refractivity contribution is -0.113. The molecule has 2 aromatic rings. The van der Waals surface area contributed by atoms with E-state index in [0.29, 0.717) is 17.1 Å². The highest BCUT2D eigenvalue weighted by atomic mass is 32.2. The van der Waals surface area contributed by atoms with Crippen molar-refractivity contribution in [2.45, 2.75) is 19.6 Å². The first-order valence-electron chi connectivity index (χ1n) is 6.84. The predicted molar refractivity (Wildman–Crippen MR) is 91.6 cm³/mol. The summed E-state index contributed by atoms with van der Waals surface area (Å²) in [5.41, 5.74) is 10.8. The second-order valence-electron chi connectivity index (χ2n) is 5.12. The minimum atomic E-state index is -0.0257. The zero-order valence-corrected chi connectivity index (χ0v) is 13.2. The van der Waals surface area contributed by atoms with Crippen molar-refractivity contribution in [3.8, 4) is 0 Å². The van der Waals surface area contributed by atoms with Gasteiger partial charge in [-0.3, -0.25) is 4.79 Å². The highest BCUT2D eigenvalue weighted by molar-refractivity contribution is 7.99.